The van der Waals surface area contributed by atoms with Gasteiger partial charge in [0.2, 0.25) is 15.9 Å². The molecule has 0 N–H and O–H groups in total. The average Bonchev–Trinajstić information content (AvgIpc) is 3.01. The highest BCUT2D eigenvalue weighted by Gasteiger charge is 2.46. The number of ether oxygens (including phenoxy) is 1. The van der Waals surface area contributed by atoms with Gasteiger partial charge in [-0.3, -0.25) is 9.78 Å². The minimum atomic E-state index is -3.36. The summed E-state index contributed by atoms with van der Waals surface area (Å²) in [6.45, 7) is 1.19. The number of carbonyl (C=O) groups excluding carboxylic acids is 1. The van der Waals surface area contributed by atoms with E-state index in [1.807, 2.05) is 18.2 Å². The number of rotatable bonds is 4. The van der Waals surface area contributed by atoms with E-state index in [0.29, 0.717) is 26.0 Å². The third-order valence-corrected chi connectivity index (χ3v) is 6.01. The van der Waals surface area contributed by atoms with Crippen LogP contribution >= 0.6 is 0 Å². The molecule has 1 amide bonds. The molecule has 2 aliphatic heterocycles. The summed E-state index contributed by atoms with van der Waals surface area (Å²) in [5.74, 6) is -0.448. The van der Waals surface area contributed by atoms with E-state index in [4.69, 9.17) is 4.74 Å². The molecule has 2 fully saturated rings. The molecule has 1 aromatic rings. The zero-order valence-electron chi connectivity index (χ0n) is 14.0. The fraction of sp³-hybridized carbons (Fsp3) is 0.625. The van der Waals surface area contributed by atoms with Crippen molar-refractivity contribution < 1.29 is 17.9 Å². The first-order valence-corrected chi connectivity index (χ1v) is 9.94. The Morgan fingerprint density at radius 1 is 1.46 bits per heavy atom. The molecule has 0 radical (unpaired) electrons. The average molecular weight is 353 g/mol. The summed E-state index contributed by atoms with van der Waals surface area (Å²) in [6, 6.07) is 5.44. The minimum absolute atomic E-state index is 0.0664. The molecule has 2 aliphatic rings. The van der Waals surface area contributed by atoms with E-state index in [2.05, 4.69) is 4.98 Å². The second kappa shape index (κ2) is 6.78. The van der Waals surface area contributed by atoms with Crippen LogP contribution in [0.2, 0.25) is 0 Å². The van der Waals surface area contributed by atoms with Crippen molar-refractivity contribution in [3.05, 3.63) is 30.1 Å². The van der Waals surface area contributed by atoms with Crippen LogP contribution in [0.4, 0.5) is 0 Å². The van der Waals surface area contributed by atoms with E-state index in [0.717, 1.165) is 5.69 Å². The van der Waals surface area contributed by atoms with Crippen molar-refractivity contribution in [1.29, 1.82) is 0 Å². The Hall–Kier alpha value is -1.51. The lowest BCUT2D eigenvalue weighted by Crippen LogP contribution is -2.54. The third-order valence-electron chi connectivity index (χ3n) is 4.74. The number of piperidine rings is 1. The van der Waals surface area contributed by atoms with Gasteiger partial charge >= 0.3 is 0 Å². The minimum Gasteiger partial charge on any atom is -0.376 e. The van der Waals surface area contributed by atoms with Crippen LogP contribution in [0.5, 0.6) is 0 Å². The van der Waals surface area contributed by atoms with E-state index in [1.54, 1.807) is 18.1 Å². The van der Waals surface area contributed by atoms with Crippen LogP contribution in [0.3, 0.4) is 0 Å². The molecule has 0 spiro atoms. The maximum atomic E-state index is 12.8. The second-order valence-corrected chi connectivity index (χ2v) is 8.48. The van der Waals surface area contributed by atoms with Crippen molar-refractivity contribution in [3.63, 3.8) is 0 Å². The summed E-state index contributed by atoms with van der Waals surface area (Å²) in [5, 5.41) is 0. The molecule has 24 heavy (non-hydrogen) atoms. The van der Waals surface area contributed by atoms with Gasteiger partial charge in [-0.05, 0) is 25.0 Å². The van der Waals surface area contributed by atoms with Gasteiger partial charge in [0.1, 0.15) is 0 Å². The number of carbonyl (C=O) groups is 1. The summed E-state index contributed by atoms with van der Waals surface area (Å²) in [7, 11) is -1.64. The normalized spacial score (nSPS) is 27.7. The maximum Gasteiger partial charge on any atom is 0.227 e. The van der Waals surface area contributed by atoms with Crippen molar-refractivity contribution in [2.75, 3.05) is 26.5 Å². The van der Waals surface area contributed by atoms with Crippen LogP contribution in [-0.2, 0) is 26.1 Å². The molecular weight excluding hydrogens is 330 g/mol. The van der Waals surface area contributed by atoms with Gasteiger partial charge in [-0.1, -0.05) is 6.07 Å². The van der Waals surface area contributed by atoms with Crippen molar-refractivity contribution in [1.82, 2.24) is 14.2 Å². The number of sulfonamides is 1. The highest BCUT2D eigenvalue weighted by Crippen LogP contribution is 2.33. The van der Waals surface area contributed by atoms with Gasteiger partial charge in [0.25, 0.3) is 0 Å². The van der Waals surface area contributed by atoms with Crippen molar-refractivity contribution in [3.8, 4) is 0 Å². The number of nitrogens with zero attached hydrogens (tertiary/aromatic N) is 3. The molecule has 0 aromatic carbocycles. The smallest absolute Gasteiger partial charge is 0.227 e. The highest BCUT2D eigenvalue weighted by atomic mass is 32.2. The van der Waals surface area contributed by atoms with Crippen molar-refractivity contribution in [2.24, 2.45) is 5.92 Å². The van der Waals surface area contributed by atoms with Crippen molar-refractivity contribution in [2.45, 2.75) is 31.5 Å². The molecule has 1 aromatic heterocycles. The lowest BCUT2D eigenvalue weighted by atomic mass is 9.91. The number of aromatic nitrogens is 1. The molecule has 0 bridgehead atoms. The Kier molecular flexibility index (Phi) is 4.89. The van der Waals surface area contributed by atoms with Gasteiger partial charge in [0, 0.05) is 26.4 Å². The molecule has 0 saturated carbocycles. The summed E-state index contributed by atoms with van der Waals surface area (Å²) >= 11 is 0. The molecule has 3 heterocycles. The number of amides is 1. The summed E-state index contributed by atoms with van der Waals surface area (Å²) in [6.07, 6.45) is 3.97. The van der Waals surface area contributed by atoms with E-state index in [9.17, 15) is 13.2 Å². The second-order valence-electron chi connectivity index (χ2n) is 6.55. The van der Waals surface area contributed by atoms with Crippen LogP contribution in [0.15, 0.2) is 24.4 Å². The summed E-state index contributed by atoms with van der Waals surface area (Å²) < 4.78 is 31.3. The maximum absolute atomic E-state index is 12.8. The molecular formula is C16H23N3O4S. The van der Waals surface area contributed by atoms with Gasteiger partial charge in [-0.2, -0.15) is 4.31 Å². The predicted molar refractivity (Wildman–Crippen MR) is 88.5 cm³/mol. The first kappa shape index (κ1) is 17.3. The van der Waals surface area contributed by atoms with Gasteiger partial charge in [0.05, 0.1) is 36.6 Å². The Bertz CT molecular complexity index is 695. The van der Waals surface area contributed by atoms with Crippen LogP contribution < -0.4 is 0 Å². The predicted octanol–water partition coefficient (Wildman–Crippen LogP) is 0.479. The quantitative estimate of drug-likeness (QED) is 0.787. The molecule has 0 unspecified atom stereocenters. The zero-order chi connectivity index (χ0) is 17.3. The molecule has 132 valence electrons. The van der Waals surface area contributed by atoms with Gasteiger partial charge in [-0.25, -0.2) is 8.42 Å². The molecule has 8 heteroatoms. The summed E-state index contributed by atoms with van der Waals surface area (Å²) in [5.41, 5.74) is 0.805. The molecule has 0 aliphatic carbocycles. The molecule has 2 saturated heterocycles. The summed E-state index contributed by atoms with van der Waals surface area (Å²) in [4.78, 5) is 18.6. The number of hydrogen-bond donors (Lipinski definition) is 0. The number of hydrogen-bond acceptors (Lipinski definition) is 5. The lowest BCUT2D eigenvalue weighted by Gasteiger charge is -2.39. The van der Waals surface area contributed by atoms with Crippen molar-refractivity contribution >= 4 is 15.9 Å². The molecule has 3 atom stereocenters. The van der Waals surface area contributed by atoms with Gasteiger partial charge in [0.15, 0.2) is 0 Å². The topological polar surface area (TPSA) is 79.8 Å². The Morgan fingerprint density at radius 2 is 2.25 bits per heavy atom. The monoisotopic (exact) mass is 353 g/mol. The van der Waals surface area contributed by atoms with Gasteiger partial charge < -0.3 is 9.64 Å². The SMILES string of the molecule is CN(Cc1ccccn1)C(=O)[C@H]1C[C@H]2OCC[C@H]2N(S(C)(=O)=O)C1. The Balaban J connectivity index is 1.72. The van der Waals surface area contributed by atoms with Crippen LogP contribution in [-0.4, -0.2) is 67.1 Å². The fourth-order valence-electron chi connectivity index (χ4n) is 3.58. The third kappa shape index (κ3) is 3.60. The molecule has 3 rings (SSSR count). The zero-order valence-corrected chi connectivity index (χ0v) is 14.8. The van der Waals surface area contributed by atoms with E-state index in [1.165, 1.54) is 10.6 Å². The Labute approximate surface area is 142 Å². The number of fused-ring (bicyclic) bond motifs is 1. The lowest BCUT2D eigenvalue weighted by molar-refractivity contribution is -0.138. The van der Waals surface area contributed by atoms with E-state index < -0.39 is 10.0 Å². The van der Waals surface area contributed by atoms with Crippen LogP contribution in [0, 0.1) is 5.92 Å². The van der Waals surface area contributed by atoms with Crippen LogP contribution in [0.25, 0.3) is 0 Å². The Morgan fingerprint density at radius 3 is 2.92 bits per heavy atom. The first-order valence-electron chi connectivity index (χ1n) is 8.09. The fourth-order valence-corrected chi connectivity index (χ4v) is 4.77. The van der Waals surface area contributed by atoms with E-state index in [-0.39, 0.29) is 30.5 Å². The van der Waals surface area contributed by atoms with Crippen LogP contribution in [0.1, 0.15) is 18.5 Å². The highest BCUT2D eigenvalue weighted by molar-refractivity contribution is 7.88. The molecule has 7 nitrogen and oxygen atoms in total. The van der Waals surface area contributed by atoms with Gasteiger partial charge in [-0.15, -0.1) is 0 Å². The largest absolute Gasteiger partial charge is 0.376 e. The number of pyridine rings is 1. The first-order chi connectivity index (χ1) is 11.4. The standard InChI is InChI=1S/C16H23N3O4S/c1-18(11-13-5-3-4-7-17-13)16(20)12-9-15-14(6-8-23-15)19(10-12)24(2,21)22/h3-5,7,12,14-15H,6,8-11H2,1-2H3/t12-,14+,15+/m0/s1. The van der Waals surface area contributed by atoms with E-state index >= 15 is 0 Å².